The highest BCUT2D eigenvalue weighted by Gasteiger charge is 2.20. The zero-order valence-electron chi connectivity index (χ0n) is 10.2. The van der Waals surface area contributed by atoms with E-state index in [1.165, 1.54) is 23.0 Å². The lowest BCUT2D eigenvalue weighted by molar-refractivity contribution is 0.246. The van der Waals surface area contributed by atoms with Gasteiger partial charge in [0, 0.05) is 24.1 Å². The van der Waals surface area contributed by atoms with Gasteiger partial charge in [-0.15, -0.1) is 0 Å². The van der Waals surface area contributed by atoms with E-state index in [-0.39, 0.29) is 17.9 Å². The Kier molecular flexibility index (Phi) is 3.41. The van der Waals surface area contributed by atoms with Crippen molar-refractivity contribution in [1.29, 1.82) is 0 Å². The van der Waals surface area contributed by atoms with E-state index < -0.39 is 0 Å². The molecule has 0 unspecified atom stereocenters. The van der Waals surface area contributed by atoms with Gasteiger partial charge in [-0.1, -0.05) is 0 Å². The van der Waals surface area contributed by atoms with Crippen LogP contribution in [-0.2, 0) is 0 Å². The molecule has 0 saturated carbocycles. The molecule has 5 heteroatoms. The minimum absolute atomic E-state index is 0.0367. The number of nitrogens with zero attached hydrogens (tertiary/aromatic N) is 3. The molecule has 0 aliphatic heterocycles. The number of benzene rings is 1. The summed E-state index contributed by atoms with van der Waals surface area (Å²) in [6.45, 7) is 3.80. The predicted molar refractivity (Wildman–Crippen MR) is 67.0 cm³/mol. The van der Waals surface area contributed by atoms with Crippen LogP contribution < -0.4 is 4.90 Å². The third-order valence-electron chi connectivity index (χ3n) is 2.55. The lowest BCUT2D eigenvalue weighted by atomic mass is 10.2. The van der Waals surface area contributed by atoms with E-state index >= 15 is 0 Å². The van der Waals surface area contributed by atoms with Crippen molar-refractivity contribution in [2.24, 2.45) is 0 Å². The minimum Gasteiger partial charge on any atom is -0.291 e. The molecule has 1 heterocycles. The fourth-order valence-electron chi connectivity index (χ4n) is 1.73. The summed E-state index contributed by atoms with van der Waals surface area (Å²) in [6.07, 6.45) is 4.57. The fraction of sp³-hybridized carbons (Fsp3) is 0.231. The molecule has 18 heavy (non-hydrogen) atoms. The molecule has 4 nitrogen and oxygen atoms in total. The van der Waals surface area contributed by atoms with Crippen molar-refractivity contribution in [3.8, 4) is 0 Å². The van der Waals surface area contributed by atoms with Gasteiger partial charge in [-0.3, -0.25) is 9.47 Å². The normalized spacial score (nSPS) is 10.7. The summed E-state index contributed by atoms with van der Waals surface area (Å²) in [5.74, 6) is -0.322. The minimum atomic E-state index is -0.322. The Balaban J connectivity index is 2.34. The summed E-state index contributed by atoms with van der Waals surface area (Å²) in [7, 11) is 0. The molecule has 0 fully saturated rings. The van der Waals surface area contributed by atoms with Gasteiger partial charge in [-0.05, 0) is 38.1 Å². The smallest absolute Gasteiger partial charge is 0.291 e. The third-order valence-corrected chi connectivity index (χ3v) is 2.55. The summed E-state index contributed by atoms with van der Waals surface area (Å²) >= 11 is 0. The van der Waals surface area contributed by atoms with Crippen molar-refractivity contribution >= 4 is 11.7 Å². The first kappa shape index (κ1) is 12.3. The average Bonchev–Trinajstić information content (AvgIpc) is 2.85. The van der Waals surface area contributed by atoms with Crippen LogP contribution in [0.3, 0.4) is 0 Å². The van der Waals surface area contributed by atoms with Crippen LogP contribution in [0.25, 0.3) is 0 Å². The van der Waals surface area contributed by atoms with Crippen LogP contribution in [0.1, 0.15) is 13.8 Å². The van der Waals surface area contributed by atoms with Gasteiger partial charge in [0.05, 0.1) is 0 Å². The van der Waals surface area contributed by atoms with E-state index in [0.29, 0.717) is 5.69 Å². The molecule has 0 bridgehead atoms. The Morgan fingerprint density at radius 3 is 2.50 bits per heavy atom. The first-order chi connectivity index (χ1) is 8.59. The van der Waals surface area contributed by atoms with E-state index in [1.54, 1.807) is 29.4 Å². The lowest BCUT2D eigenvalue weighted by Gasteiger charge is -2.26. The Labute approximate surface area is 105 Å². The molecule has 0 atom stereocenters. The number of imidazole rings is 1. The topological polar surface area (TPSA) is 38.1 Å². The SMILES string of the molecule is CC(C)N(C(=O)n1ccnc1)c1ccc(F)cc1. The summed E-state index contributed by atoms with van der Waals surface area (Å²) < 4.78 is 14.3. The van der Waals surface area contributed by atoms with Gasteiger partial charge in [-0.2, -0.15) is 0 Å². The molecular formula is C13H14FN3O. The first-order valence-corrected chi connectivity index (χ1v) is 5.66. The van der Waals surface area contributed by atoms with Gasteiger partial charge in [0.1, 0.15) is 12.1 Å². The molecule has 2 aromatic rings. The maximum atomic E-state index is 12.9. The molecule has 1 aromatic heterocycles. The Hall–Kier alpha value is -2.17. The second kappa shape index (κ2) is 5.00. The molecule has 0 aliphatic rings. The van der Waals surface area contributed by atoms with Crippen LogP contribution in [0.4, 0.5) is 14.9 Å². The number of hydrogen-bond acceptors (Lipinski definition) is 2. The van der Waals surface area contributed by atoms with Gasteiger partial charge in [-0.25, -0.2) is 14.2 Å². The Morgan fingerprint density at radius 2 is 2.00 bits per heavy atom. The second-order valence-electron chi connectivity index (χ2n) is 4.19. The maximum Gasteiger partial charge on any atom is 0.334 e. The highest BCUT2D eigenvalue weighted by molar-refractivity contribution is 5.93. The number of aromatic nitrogens is 2. The Bertz CT molecular complexity index is 520. The second-order valence-corrected chi connectivity index (χ2v) is 4.19. The summed E-state index contributed by atoms with van der Waals surface area (Å²) in [6, 6.07) is 5.60. The number of halogens is 1. The molecule has 0 aliphatic carbocycles. The van der Waals surface area contributed by atoms with E-state index in [4.69, 9.17) is 0 Å². The number of amides is 1. The van der Waals surface area contributed by atoms with Crippen molar-refractivity contribution < 1.29 is 9.18 Å². The van der Waals surface area contributed by atoms with Crippen LogP contribution >= 0.6 is 0 Å². The molecule has 0 radical (unpaired) electrons. The summed E-state index contributed by atoms with van der Waals surface area (Å²) in [4.78, 5) is 17.7. The van der Waals surface area contributed by atoms with Crippen LogP contribution in [-0.4, -0.2) is 21.6 Å². The summed E-state index contributed by atoms with van der Waals surface area (Å²) in [5, 5.41) is 0. The highest BCUT2D eigenvalue weighted by atomic mass is 19.1. The molecular weight excluding hydrogens is 233 g/mol. The quantitative estimate of drug-likeness (QED) is 0.818. The molecule has 0 saturated heterocycles. The average molecular weight is 247 g/mol. The zero-order valence-corrected chi connectivity index (χ0v) is 10.2. The predicted octanol–water partition coefficient (Wildman–Crippen LogP) is 2.91. The van der Waals surface area contributed by atoms with E-state index in [0.717, 1.165) is 0 Å². The molecule has 0 spiro atoms. The monoisotopic (exact) mass is 247 g/mol. The van der Waals surface area contributed by atoms with Crippen molar-refractivity contribution in [3.63, 3.8) is 0 Å². The van der Waals surface area contributed by atoms with Crippen molar-refractivity contribution in [1.82, 2.24) is 9.55 Å². The molecule has 1 amide bonds. The van der Waals surface area contributed by atoms with Crippen LogP contribution in [0, 0.1) is 5.82 Å². The van der Waals surface area contributed by atoms with Crippen molar-refractivity contribution in [2.45, 2.75) is 19.9 Å². The van der Waals surface area contributed by atoms with Crippen LogP contribution in [0.2, 0.25) is 0 Å². The van der Waals surface area contributed by atoms with Gasteiger partial charge in [0.2, 0.25) is 0 Å². The van der Waals surface area contributed by atoms with Gasteiger partial charge in [0.15, 0.2) is 0 Å². The van der Waals surface area contributed by atoms with Crippen molar-refractivity contribution in [2.75, 3.05) is 4.90 Å². The molecule has 94 valence electrons. The fourth-order valence-corrected chi connectivity index (χ4v) is 1.73. The van der Waals surface area contributed by atoms with Gasteiger partial charge in [0.25, 0.3) is 0 Å². The largest absolute Gasteiger partial charge is 0.334 e. The third kappa shape index (κ3) is 2.40. The van der Waals surface area contributed by atoms with Crippen molar-refractivity contribution in [3.05, 3.63) is 48.8 Å². The highest BCUT2D eigenvalue weighted by Crippen LogP contribution is 2.18. The summed E-state index contributed by atoms with van der Waals surface area (Å²) in [5.41, 5.74) is 0.658. The molecule has 1 aromatic carbocycles. The molecule has 0 N–H and O–H groups in total. The standard InChI is InChI=1S/C13H14FN3O/c1-10(2)17(12-5-3-11(14)4-6-12)13(18)16-8-7-15-9-16/h3-10H,1-2H3. The molecule has 2 rings (SSSR count). The van der Waals surface area contributed by atoms with Crippen LogP contribution in [0.15, 0.2) is 43.0 Å². The number of hydrogen-bond donors (Lipinski definition) is 0. The lowest BCUT2D eigenvalue weighted by Crippen LogP contribution is -2.39. The van der Waals surface area contributed by atoms with Gasteiger partial charge < -0.3 is 0 Å². The number of carbonyl (C=O) groups is 1. The Morgan fingerprint density at radius 1 is 1.33 bits per heavy atom. The number of carbonyl (C=O) groups excluding carboxylic acids is 1. The van der Waals surface area contributed by atoms with E-state index in [9.17, 15) is 9.18 Å². The van der Waals surface area contributed by atoms with E-state index in [1.807, 2.05) is 13.8 Å². The first-order valence-electron chi connectivity index (χ1n) is 5.66. The van der Waals surface area contributed by atoms with Crippen LogP contribution in [0.5, 0.6) is 0 Å². The zero-order chi connectivity index (χ0) is 13.1. The van der Waals surface area contributed by atoms with E-state index in [2.05, 4.69) is 4.98 Å². The maximum absolute atomic E-state index is 12.9. The van der Waals surface area contributed by atoms with Gasteiger partial charge >= 0.3 is 6.03 Å². The number of rotatable bonds is 2. The number of anilines is 1.